The van der Waals surface area contributed by atoms with Crippen LogP contribution in [0.1, 0.15) is 34.2 Å². The number of aromatic nitrogens is 2. The lowest BCUT2D eigenvalue weighted by atomic mass is 10.1. The maximum absolute atomic E-state index is 14.5. The SMILES string of the molecule is NCCCN(C(=O)c1ccc(Br)cc1)C(C(=O)N1CCOCC1)c1nc2cc(Cl)ccc2c(=O)n1Cc1ccccc1. The second kappa shape index (κ2) is 13.6. The van der Waals surface area contributed by atoms with Gasteiger partial charge in [0, 0.05) is 34.7 Å². The van der Waals surface area contributed by atoms with Gasteiger partial charge in [0.25, 0.3) is 17.4 Å². The summed E-state index contributed by atoms with van der Waals surface area (Å²) >= 11 is 9.73. The molecule has 5 rings (SSSR count). The number of amides is 2. The molecule has 1 unspecified atom stereocenters. The summed E-state index contributed by atoms with van der Waals surface area (Å²) in [4.78, 5) is 50.8. The Hall–Kier alpha value is -3.57. The lowest BCUT2D eigenvalue weighted by molar-refractivity contribution is -0.141. The largest absolute Gasteiger partial charge is 0.378 e. The van der Waals surface area contributed by atoms with Crippen LogP contribution >= 0.6 is 27.5 Å². The molecule has 1 aromatic heterocycles. The van der Waals surface area contributed by atoms with E-state index in [1.807, 2.05) is 30.3 Å². The number of nitrogens with two attached hydrogens (primary N) is 1. The predicted molar refractivity (Wildman–Crippen MR) is 166 cm³/mol. The average molecular weight is 653 g/mol. The third kappa shape index (κ3) is 6.57. The van der Waals surface area contributed by atoms with Crippen molar-refractivity contribution in [2.75, 3.05) is 39.4 Å². The molecule has 42 heavy (non-hydrogen) atoms. The van der Waals surface area contributed by atoms with Gasteiger partial charge in [-0.05, 0) is 61.0 Å². The number of hydrogen-bond acceptors (Lipinski definition) is 6. The third-order valence-electron chi connectivity index (χ3n) is 7.20. The molecule has 0 radical (unpaired) electrons. The van der Waals surface area contributed by atoms with E-state index in [-0.39, 0.29) is 36.3 Å². The second-order valence-electron chi connectivity index (χ2n) is 10.00. The van der Waals surface area contributed by atoms with E-state index in [1.165, 1.54) is 9.47 Å². The molecule has 1 aliphatic heterocycles. The van der Waals surface area contributed by atoms with Gasteiger partial charge in [0.15, 0.2) is 6.04 Å². The maximum atomic E-state index is 14.5. The number of rotatable bonds is 9. The molecule has 4 aromatic rings. The van der Waals surface area contributed by atoms with Gasteiger partial charge in [0.1, 0.15) is 5.82 Å². The van der Waals surface area contributed by atoms with Gasteiger partial charge in [-0.25, -0.2) is 4.98 Å². The van der Waals surface area contributed by atoms with Crippen molar-refractivity contribution < 1.29 is 14.3 Å². The number of carbonyl (C=O) groups is 2. The smallest absolute Gasteiger partial charge is 0.261 e. The van der Waals surface area contributed by atoms with Crippen LogP contribution in [0.3, 0.4) is 0 Å². The minimum absolute atomic E-state index is 0.157. The molecule has 2 amide bonds. The van der Waals surface area contributed by atoms with E-state index in [9.17, 15) is 14.4 Å². The second-order valence-corrected chi connectivity index (χ2v) is 11.3. The van der Waals surface area contributed by atoms with E-state index in [0.717, 1.165) is 10.0 Å². The Bertz CT molecular complexity index is 1620. The third-order valence-corrected chi connectivity index (χ3v) is 7.96. The zero-order chi connectivity index (χ0) is 29.6. The molecule has 0 aliphatic carbocycles. The molecule has 11 heteroatoms. The number of ether oxygens (including phenoxy) is 1. The van der Waals surface area contributed by atoms with Crippen LogP contribution in [0, 0.1) is 0 Å². The van der Waals surface area contributed by atoms with Crippen molar-refractivity contribution in [3.8, 4) is 0 Å². The molecular weight excluding hydrogens is 622 g/mol. The zero-order valence-electron chi connectivity index (χ0n) is 22.9. The van der Waals surface area contributed by atoms with Crippen molar-refractivity contribution in [3.63, 3.8) is 0 Å². The molecule has 1 aliphatic rings. The molecule has 0 spiro atoms. The zero-order valence-corrected chi connectivity index (χ0v) is 25.3. The van der Waals surface area contributed by atoms with Crippen LogP contribution in [-0.2, 0) is 16.1 Å². The van der Waals surface area contributed by atoms with E-state index in [0.29, 0.717) is 60.8 Å². The summed E-state index contributed by atoms with van der Waals surface area (Å²) in [7, 11) is 0. The summed E-state index contributed by atoms with van der Waals surface area (Å²) in [5.74, 6) is -0.539. The minimum atomic E-state index is -1.20. The fraction of sp³-hybridized carbons (Fsp3) is 0.290. The van der Waals surface area contributed by atoms with Crippen LogP contribution in [0.25, 0.3) is 10.9 Å². The van der Waals surface area contributed by atoms with Gasteiger partial charge < -0.3 is 20.3 Å². The molecule has 1 fully saturated rings. The molecule has 218 valence electrons. The first-order chi connectivity index (χ1) is 20.4. The van der Waals surface area contributed by atoms with Crippen LogP contribution in [0.2, 0.25) is 5.02 Å². The van der Waals surface area contributed by atoms with Crippen LogP contribution in [-0.4, -0.2) is 70.6 Å². The highest BCUT2D eigenvalue weighted by molar-refractivity contribution is 9.10. The van der Waals surface area contributed by atoms with Crippen molar-refractivity contribution >= 4 is 50.2 Å². The van der Waals surface area contributed by atoms with E-state index >= 15 is 0 Å². The van der Waals surface area contributed by atoms with Crippen molar-refractivity contribution in [2.24, 2.45) is 5.73 Å². The Labute approximate surface area is 257 Å². The van der Waals surface area contributed by atoms with E-state index < -0.39 is 6.04 Å². The number of fused-ring (bicyclic) bond motifs is 1. The van der Waals surface area contributed by atoms with Gasteiger partial charge in [-0.15, -0.1) is 0 Å². The first-order valence-electron chi connectivity index (χ1n) is 13.7. The highest BCUT2D eigenvalue weighted by Gasteiger charge is 2.38. The maximum Gasteiger partial charge on any atom is 0.261 e. The Balaban J connectivity index is 1.74. The highest BCUT2D eigenvalue weighted by atomic mass is 79.9. The van der Waals surface area contributed by atoms with Gasteiger partial charge in [-0.2, -0.15) is 0 Å². The van der Waals surface area contributed by atoms with Crippen LogP contribution < -0.4 is 11.3 Å². The summed E-state index contributed by atoms with van der Waals surface area (Å²) < 4.78 is 7.82. The summed E-state index contributed by atoms with van der Waals surface area (Å²) in [5, 5.41) is 0.771. The molecule has 2 N–H and O–H groups in total. The summed E-state index contributed by atoms with van der Waals surface area (Å²) in [6.45, 7) is 2.11. The van der Waals surface area contributed by atoms with Gasteiger partial charge >= 0.3 is 0 Å². The van der Waals surface area contributed by atoms with Crippen LogP contribution in [0.5, 0.6) is 0 Å². The van der Waals surface area contributed by atoms with E-state index in [1.54, 1.807) is 47.4 Å². The molecule has 0 saturated carbocycles. The minimum Gasteiger partial charge on any atom is -0.378 e. The van der Waals surface area contributed by atoms with E-state index in [4.69, 9.17) is 27.1 Å². The Kier molecular flexibility index (Phi) is 9.69. The number of halogens is 2. The normalized spacial score (nSPS) is 14.1. The molecular formula is C31H31BrClN5O4. The van der Waals surface area contributed by atoms with Gasteiger partial charge in [0.2, 0.25) is 0 Å². The van der Waals surface area contributed by atoms with Gasteiger partial charge in [-0.1, -0.05) is 57.9 Å². The van der Waals surface area contributed by atoms with Crippen molar-refractivity contribution in [1.82, 2.24) is 19.4 Å². The highest BCUT2D eigenvalue weighted by Crippen LogP contribution is 2.28. The lowest BCUT2D eigenvalue weighted by Gasteiger charge is -2.36. The fourth-order valence-electron chi connectivity index (χ4n) is 5.05. The Morgan fingerprint density at radius 1 is 1.05 bits per heavy atom. The van der Waals surface area contributed by atoms with Crippen molar-refractivity contribution in [2.45, 2.75) is 19.0 Å². The van der Waals surface area contributed by atoms with Gasteiger partial charge in [-0.3, -0.25) is 19.0 Å². The summed E-state index contributed by atoms with van der Waals surface area (Å²) in [6.07, 6.45) is 0.442. The number of morpholine rings is 1. The molecule has 0 bridgehead atoms. The van der Waals surface area contributed by atoms with Crippen molar-refractivity contribution in [3.05, 3.63) is 110 Å². The van der Waals surface area contributed by atoms with E-state index in [2.05, 4.69) is 15.9 Å². The number of hydrogen-bond donors (Lipinski definition) is 1. The Morgan fingerprint density at radius 3 is 2.45 bits per heavy atom. The van der Waals surface area contributed by atoms with Crippen LogP contribution in [0.4, 0.5) is 0 Å². The van der Waals surface area contributed by atoms with Crippen LogP contribution in [0.15, 0.2) is 82.1 Å². The standard InChI is InChI=1S/C31H31BrClN5O4/c32-23-9-7-22(8-10-23)29(39)37(14-4-13-34)27(31(41)36-15-17-42-18-16-36)28-35-26-19-24(33)11-12-25(26)30(40)38(28)20-21-5-2-1-3-6-21/h1-3,5-12,19,27H,4,13-18,20,34H2. The summed E-state index contributed by atoms with van der Waals surface area (Å²) in [6, 6.07) is 20.1. The van der Waals surface area contributed by atoms with Gasteiger partial charge in [0.05, 0.1) is 30.7 Å². The molecule has 3 aromatic carbocycles. The number of carbonyl (C=O) groups excluding carboxylic acids is 2. The fourth-order valence-corrected chi connectivity index (χ4v) is 5.48. The molecule has 2 heterocycles. The predicted octanol–water partition coefficient (Wildman–Crippen LogP) is 4.25. The topological polar surface area (TPSA) is 111 Å². The first-order valence-corrected chi connectivity index (χ1v) is 14.9. The number of benzene rings is 3. The Morgan fingerprint density at radius 2 is 1.76 bits per heavy atom. The molecule has 1 saturated heterocycles. The molecule has 1 atom stereocenters. The average Bonchev–Trinajstić information content (AvgIpc) is 3.01. The quantitative estimate of drug-likeness (QED) is 0.290. The lowest BCUT2D eigenvalue weighted by Crippen LogP contribution is -2.51. The van der Waals surface area contributed by atoms with Crippen molar-refractivity contribution in [1.29, 1.82) is 0 Å². The number of nitrogens with zero attached hydrogens (tertiary/aromatic N) is 4. The summed E-state index contributed by atoms with van der Waals surface area (Å²) in [5.41, 5.74) is 7.17. The molecule has 9 nitrogen and oxygen atoms in total. The first kappa shape index (κ1) is 29.9. The monoisotopic (exact) mass is 651 g/mol.